The number of nitrogens with two attached hydrogens (primary N) is 1. The third-order valence-corrected chi connectivity index (χ3v) is 4.54. The predicted molar refractivity (Wildman–Crippen MR) is 105 cm³/mol. The van der Waals surface area contributed by atoms with Crippen molar-refractivity contribution in [1.29, 1.82) is 0 Å². The minimum absolute atomic E-state index is 0.0801. The minimum Gasteiger partial charge on any atom is -0.478 e. The van der Waals surface area contributed by atoms with E-state index < -0.39 is 17.2 Å². The van der Waals surface area contributed by atoms with Gasteiger partial charge in [-0.1, -0.05) is 11.6 Å². The molecule has 0 amide bonds. The summed E-state index contributed by atoms with van der Waals surface area (Å²) in [5, 5.41) is 8.61. The summed E-state index contributed by atoms with van der Waals surface area (Å²) in [6.45, 7) is 7.45. The summed E-state index contributed by atoms with van der Waals surface area (Å²) in [5.41, 5.74) is 5.29. The van der Waals surface area contributed by atoms with Crippen LogP contribution in [0.15, 0.2) is 36.4 Å². The molecule has 1 heterocycles. The van der Waals surface area contributed by atoms with E-state index in [1.54, 1.807) is 30.5 Å². The number of anilines is 1. The van der Waals surface area contributed by atoms with Crippen molar-refractivity contribution in [2.75, 3.05) is 5.73 Å². The van der Waals surface area contributed by atoms with Crippen LogP contribution in [0.4, 0.5) is 14.5 Å². The first kappa shape index (κ1) is 20.1. The van der Waals surface area contributed by atoms with Crippen molar-refractivity contribution >= 4 is 17.3 Å². The fraction of sp³-hybridized carbons (Fsp3) is 0.300. The van der Waals surface area contributed by atoms with E-state index in [1.807, 2.05) is 13.8 Å². The molecule has 0 fully saturated rings. The topological polar surface area (TPSA) is 66.0 Å². The van der Waals surface area contributed by atoms with Gasteiger partial charge in [-0.05, 0) is 64.1 Å². The first-order chi connectivity index (χ1) is 13.1. The summed E-state index contributed by atoms with van der Waals surface area (Å²) in [4.78, 5) is 0. The molecule has 3 aromatic rings. The molecule has 0 spiro atoms. The van der Waals surface area contributed by atoms with Gasteiger partial charge in [0.2, 0.25) is 0 Å². The van der Waals surface area contributed by atoms with Gasteiger partial charge >= 0.3 is 0 Å². The smallest absolute Gasteiger partial charge is 0.177 e. The summed E-state index contributed by atoms with van der Waals surface area (Å²) < 4.78 is 35.6. The van der Waals surface area contributed by atoms with E-state index in [-0.39, 0.29) is 16.6 Å². The van der Waals surface area contributed by atoms with Crippen molar-refractivity contribution in [2.24, 2.45) is 0 Å². The Morgan fingerprint density at radius 1 is 1.11 bits per heavy atom. The van der Waals surface area contributed by atoms with E-state index in [0.29, 0.717) is 23.1 Å². The summed E-state index contributed by atoms with van der Waals surface area (Å²) >= 11 is 6.09. The maximum absolute atomic E-state index is 14.5. The van der Waals surface area contributed by atoms with Gasteiger partial charge in [-0.25, -0.2) is 8.78 Å². The summed E-state index contributed by atoms with van der Waals surface area (Å²) in [6.07, 6.45) is 0. The Bertz CT molecular complexity index is 1020. The van der Waals surface area contributed by atoms with Crippen LogP contribution in [-0.2, 0) is 5.60 Å². The quantitative estimate of drug-likeness (QED) is 0.580. The predicted octanol–water partition coefficient (Wildman–Crippen LogP) is 5.35. The standard InChI is InChI=1S/C20H21ClF2N4O/c1-11(2)27-18(14-7-6-13(24)10-16(14)23)25-26-19(27)20(3,4)28-17-8-5-12(22)9-15(17)21/h5-11H,24H2,1-4H3. The van der Waals surface area contributed by atoms with Gasteiger partial charge in [0.05, 0.1) is 10.6 Å². The average Bonchev–Trinajstić information content (AvgIpc) is 3.03. The van der Waals surface area contributed by atoms with Gasteiger partial charge < -0.3 is 15.0 Å². The highest BCUT2D eigenvalue weighted by Gasteiger charge is 2.33. The van der Waals surface area contributed by atoms with E-state index in [2.05, 4.69) is 10.2 Å². The molecule has 28 heavy (non-hydrogen) atoms. The zero-order valence-electron chi connectivity index (χ0n) is 16.0. The molecule has 0 bridgehead atoms. The maximum Gasteiger partial charge on any atom is 0.177 e. The highest BCUT2D eigenvalue weighted by Crippen LogP contribution is 2.35. The second kappa shape index (κ2) is 7.39. The van der Waals surface area contributed by atoms with Crippen molar-refractivity contribution in [3.05, 3.63) is 58.9 Å². The monoisotopic (exact) mass is 406 g/mol. The van der Waals surface area contributed by atoms with Crippen LogP contribution >= 0.6 is 11.6 Å². The molecule has 2 aromatic carbocycles. The molecule has 0 aliphatic heterocycles. The zero-order valence-corrected chi connectivity index (χ0v) is 16.8. The number of halogens is 3. The number of nitrogen functional groups attached to an aromatic ring is 1. The number of hydrogen-bond acceptors (Lipinski definition) is 4. The van der Waals surface area contributed by atoms with Gasteiger partial charge in [-0.15, -0.1) is 10.2 Å². The maximum atomic E-state index is 14.5. The largest absolute Gasteiger partial charge is 0.478 e. The molecule has 0 aliphatic carbocycles. The van der Waals surface area contributed by atoms with Crippen molar-refractivity contribution in [3.8, 4) is 17.1 Å². The van der Waals surface area contributed by atoms with Crippen LogP contribution in [0, 0.1) is 11.6 Å². The van der Waals surface area contributed by atoms with Crippen molar-refractivity contribution in [3.63, 3.8) is 0 Å². The fourth-order valence-corrected chi connectivity index (χ4v) is 3.17. The Balaban J connectivity index is 2.07. The van der Waals surface area contributed by atoms with Crippen LogP contribution < -0.4 is 10.5 Å². The molecule has 5 nitrogen and oxygen atoms in total. The number of hydrogen-bond donors (Lipinski definition) is 1. The zero-order chi connectivity index (χ0) is 20.6. The normalized spacial score (nSPS) is 11.9. The average molecular weight is 407 g/mol. The van der Waals surface area contributed by atoms with E-state index in [0.717, 1.165) is 0 Å². The Hall–Kier alpha value is -2.67. The second-order valence-electron chi connectivity index (χ2n) is 7.24. The summed E-state index contributed by atoms with van der Waals surface area (Å²) in [5.74, 6) is 0.216. The van der Waals surface area contributed by atoms with Crippen LogP contribution in [0.3, 0.4) is 0 Å². The van der Waals surface area contributed by atoms with Crippen LogP contribution in [-0.4, -0.2) is 14.8 Å². The van der Waals surface area contributed by atoms with Gasteiger partial charge in [-0.2, -0.15) is 0 Å². The number of ether oxygens (including phenoxy) is 1. The van der Waals surface area contributed by atoms with Crippen molar-refractivity contribution in [2.45, 2.75) is 39.3 Å². The first-order valence-corrected chi connectivity index (χ1v) is 9.13. The lowest BCUT2D eigenvalue weighted by Gasteiger charge is -2.28. The van der Waals surface area contributed by atoms with Gasteiger partial charge in [-0.3, -0.25) is 0 Å². The third kappa shape index (κ3) is 3.80. The summed E-state index contributed by atoms with van der Waals surface area (Å²) in [7, 11) is 0. The van der Waals surface area contributed by atoms with Gasteiger partial charge in [0.1, 0.15) is 17.4 Å². The molecular weight excluding hydrogens is 386 g/mol. The Kier molecular flexibility index (Phi) is 5.30. The van der Waals surface area contributed by atoms with Crippen molar-refractivity contribution in [1.82, 2.24) is 14.8 Å². The molecule has 0 saturated carbocycles. The summed E-state index contributed by atoms with van der Waals surface area (Å²) in [6, 6.07) is 8.24. The number of rotatable bonds is 5. The fourth-order valence-electron chi connectivity index (χ4n) is 2.97. The molecule has 0 saturated heterocycles. The second-order valence-corrected chi connectivity index (χ2v) is 7.64. The molecule has 2 N–H and O–H groups in total. The lowest BCUT2D eigenvalue weighted by molar-refractivity contribution is 0.0925. The SMILES string of the molecule is CC(C)n1c(-c2ccc(N)cc2F)nnc1C(C)(C)Oc1ccc(F)cc1Cl. The van der Waals surface area contributed by atoms with Gasteiger partial charge in [0.15, 0.2) is 17.2 Å². The van der Waals surface area contributed by atoms with Gasteiger partial charge in [0.25, 0.3) is 0 Å². The molecule has 3 rings (SSSR count). The highest BCUT2D eigenvalue weighted by atomic mass is 35.5. The number of nitrogens with zero attached hydrogens (tertiary/aromatic N) is 3. The first-order valence-electron chi connectivity index (χ1n) is 8.75. The van der Waals surface area contributed by atoms with Crippen molar-refractivity contribution < 1.29 is 13.5 Å². The highest BCUT2D eigenvalue weighted by molar-refractivity contribution is 6.32. The minimum atomic E-state index is -0.971. The van der Waals surface area contributed by atoms with E-state index in [1.165, 1.54) is 24.3 Å². The molecule has 0 unspecified atom stereocenters. The third-order valence-electron chi connectivity index (χ3n) is 4.24. The van der Waals surface area contributed by atoms with E-state index in [4.69, 9.17) is 22.1 Å². The Morgan fingerprint density at radius 3 is 2.43 bits per heavy atom. The molecule has 1 aromatic heterocycles. The molecule has 0 atom stereocenters. The van der Waals surface area contributed by atoms with Crippen LogP contribution in [0.2, 0.25) is 5.02 Å². The van der Waals surface area contributed by atoms with Crippen LogP contribution in [0.5, 0.6) is 5.75 Å². The molecule has 0 aliphatic rings. The Morgan fingerprint density at radius 2 is 1.82 bits per heavy atom. The van der Waals surface area contributed by atoms with E-state index >= 15 is 0 Å². The number of aromatic nitrogens is 3. The molecule has 148 valence electrons. The Labute approximate surface area is 167 Å². The lowest BCUT2D eigenvalue weighted by Crippen LogP contribution is -2.30. The molecule has 8 heteroatoms. The van der Waals surface area contributed by atoms with Crippen LogP contribution in [0.1, 0.15) is 39.6 Å². The molecule has 0 radical (unpaired) electrons. The van der Waals surface area contributed by atoms with Crippen LogP contribution in [0.25, 0.3) is 11.4 Å². The lowest BCUT2D eigenvalue weighted by atomic mass is 10.1. The van der Waals surface area contributed by atoms with E-state index in [9.17, 15) is 8.78 Å². The van der Waals surface area contributed by atoms with Gasteiger partial charge in [0, 0.05) is 11.7 Å². The molecular formula is C20H21ClF2N4O. The number of benzene rings is 2.